The minimum atomic E-state index is -0.210. The van der Waals surface area contributed by atoms with E-state index in [4.69, 9.17) is 5.73 Å². The molecule has 0 aromatic heterocycles. The van der Waals surface area contributed by atoms with Crippen LogP contribution in [0.3, 0.4) is 0 Å². The summed E-state index contributed by atoms with van der Waals surface area (Å²) in [6.07, 6.45) is 1.32. The van der Waals surface area contributed by atoms with Gasteiger partial charge in [0.05, 0.1) is 11.4 Å². The number of carbonyl (C=O) groups is 2. The lowest BCUT2D eigenvalue weighted by Crippen LogP contribution is -2.14. The van der Waals surface area contributed by atoms with Crippen LogP contribution in [0.4, 0.5) is 11.4 Å². The molecular formula is C20H24N2O2. The van der Waals surface area contributed by atoms with Crippen LogP contribution in [0.5, 0.6) is 0 Å². The van der Waals surface area contributed by atoms with Crippen LogP contribution in [0.2, 0.25) is 0 Å². The number of para-hydroxylation sites is 2. The number of rotatable bonds is 7. The fraction of sp³-hybridized carbons (Fsp3) is 0.300. The summed E-state index contributed by atoms with van der Waals surface area (Å²) in [4.78, 5) is 24.2. The fourth-order valence-electron chi connectivity index (χ4n) is 2.49. The summed E-state index contributed by atoms with van der Waals surface area (Å²) < 4.78 is 0. The van der Waals surface area contributed by atoms with Crippen molar-refractivity contribution >= 4 is 23.1 Å². The van der Waals surface area contributed by atoms with Gasteiger partial charge in [0.2, 0.25) is 5.91 Å². The Morgan fingerprint density at radius 3 is 2.29 bits per heavy atom. The first-order chi connectivity index (χ1) is 11.5. The number of nitrogens with two attached hydrogens (primary N) is 1. The molecule has 4 nitrogen and oxygen atoms in total. The number of hydrogen-bond acceptors (Lipinski definition) is 3. The summed E-state index contributed by atoms with van der Waals surface area (Å²) in [7, 11) is 0. The third-order valence-corrected chi connectivity index (χ3v) is 3.73. The van der Waals surface area contributed by atoms with Crippen LogP contribution < -0.4 is 11.1 Å². The smallest absolute Gasteiger partial charge is 0.224 e. The molecule has 24 heavy (non-hydrogen) atoms. The van der Waals surface area contributed by atoms with Crippen molar-refractivity contribution in [2.45, 2.75) is 33.1 Å². The third kappa shape index (κ3) is 5.23. The average Bonchev–Trinajstić information content (AvgIpc) is 2.55. The Balaban J connectivity index is 1.86. The van der Waals surface area contributed by atoms with Crippen molar-refractivity contribution in [2.75, 3.05) is 11.1 Å². The van der Waals surface area contributed by atoms with Crippen LogP contribution in [0, 0.1) is 5.92 Å². The summed E-state index contributed by atoms with van der Waals surface area (Å²) >= 11 is 0. The molecule has 0 aliphatic rings. The second-order valence-corrected chi connectivity index (χ2v) is 6.35. The van der Waals surface area contributed by atoms with Gasteiger partial charge in [-0.1, -0.05) is 50.2 Å². The molecule has 3 N–H and O–H groups in total. The molecular weight excluding hydrogens is 300 g/mol. The zero-order valence-electron chi connectivity index (χ0n) is 14.2. The number of carbonyl (C=O) groups excluding carboxylic acids is 2. The van der Waals surface area contributed by atoms with Crippen molar-refractivity contribution in [1.82, 2.24) is 0 Å². The molecule has 0 aliphatic heterocycles. The molecule has 126 valence electrons. The lowest BCUT2D eigenvalue weighted by Gasteiger charge is -2.08. The molecule has 0 saturated carbocycles. The maximum absolute atomic E-state index is 12.2. The van der Waals surface area contributed by atoms with Gasteiger partial charge in [-0.25, -0.2) is 0 Å². The molecule has 4 heteroatoms. The maximum Gasteiger partial charge on any atom is 0.224 e. The quantitative estimate of drug-likeness (QED) is 0.595. The lowest BCUT2D eigenvalue weighted by molar-refractivity contribution is -0.116. The highest BCUT2D eigenvalue weighted by molar-refractivity contribution is 6.00. The predicted molar refractivity (Wildman–Crippen MR) is 98.0 cm³/mol. The van der Waals surface area contributed by atoms with Crippen molar-refractivity contribution in [2.24, 2.45) is 5.92 Å². The van der Waals surface area contributed by atoms with Crippen molar-refractivity contribution in [3.05, 3.63) is 59.7 Å². The van der Waals surface area contributed by atoms with E-state index in [1.807, 2.05) is 24.3 Å². The summed E-state index contributed by atoms with van der Waals surface area (Å²) in [5.41, 5.74) is 8.74. The number of benzene rings is 2. The summed E-state index contributed by atoms with van der Waals surface area (Å²) in [5, 5.41) is 2.73. The minimum Gasteiger partial charge on any atom is -0.397 e. The number of ketones is 1. The second kappa shape index (κ2) is 8.29. The molecule has 0 unspecified atom stereocenters. The van der Waals surface area contributed by atoms with Crippen molar-refractivity contribution in [3.63, 3.8) is 0 Å². The number of hydrogen-bond donors (Lipinski definition) is 2. The predicted octanol–water partition coefficient (Wildman–Crippen LogP) is 4.07. The second-order valence-electron chi connectivity index (χ2n) is 6.35. The highest BCUT2D eigenvalue weighted by Crippen LogP contribution is 2.17. The maximum atomic E-state index is 12.2. The Kier molecular flexibility index (Phi) is 6.13. The van der Waals surface area contributed by atoms with E-state index in [9.17, 15) is 9.59 Å². The van der Waals surface area contributed by atoms with E-state index in [1.54, 1.807) is 24.3 Å². The number of anilines is 2. The standard InChI is InChI=1S/C20H24N2O2/c1-14(2)13-15-7-9-16(10-8-15)19(23)11-12-20(24)22-18-6-4-3-5-17(18)21/h3-10,14H,11-13,21H2,1-2H3,(H,22,24). The Bertz CT molecular complexity index is 706. The number of amides is 1. The highest BCUT2D eigenvalue weighted by atomic mass is 16.2. The molecule has 2 aromatic carbocycles. The third-order valence-electron chi connectivity index (χ3n) is 3.73. The van der Waals surface area contributed by atoms with Crippen molar-refractivity contribution < 1.29 is 9.59 Å². The molecule has 2 rings (SSSR count). The normalized spacial score (nSPS) is 10.6. The zero-order valence-corrected chi connectivity index (χ0v) is 14.2. The van der Waals surface area contributed by atoms with E-state index in [2.05, 4.69) is 19.2 Å². The van der Waals surface area contributed by atoms with Gasteiger partial charge in [0, 0.05) is 18.4 Å². The molecule has 0 heterocycles. The van der Waals surface area contributed by atoms with Crippen LogP contribution in [0.1, 0.15) is 42.6 Å². The first-order valence-electron chi connectivity index (χ1n) is 8.22. The Hall–Kier alpha value is -2.62. The van der Waals surface area contributed by atoms with Gasteiger partial charge >= 0.3 is 0 Å². The number of nitrogens with one attached hydrogen (secondary N) is 1. The van der Waals surface area contributed by atoms with E-state index >= 15 is 0 Å². The first-order valence-corrected chi connectivity index (χ1v) is 8.22. The van der Waals surface area contributed by atoms with Gasteiger partial charge in [-0.05, 0) is 30.0 Å². The average molecular weight is 324 g/mol. The van der Waals surface area contributed by atoms with Gasteiger partial charge in [-0.15, -0.1) is 0 Å². The SMILES string of the molecule is CC(C)Cc1ccc(C(=O)CCC(=O)Nc2ccccc2N)cc1. The molecule has 0 spiro atoms. The number of nitrogen functional groups attached to an aromatic ring is 1. The van der Waals surface area contributed by atoms with Crippen molar-refractivity contribution in [3.8, 4) is 0 Å². The highest BCUT2D eigenvalue weighted by Gasteiger charge is 2.10. The van der Waals surface area contributed by atoms with Crippen molar-refractivity contribution in [1.29, 1.82) is 0 Å². The zero-order chi connectivity index (χ0) is 17.5. The van der Waals surface area contributed by atoms with E-state index in [0.29, 0.717) is 22.9 Å². The molecule has 0 aliphatic carbocycles. The molecule has 0 radical (unpaired) electrons. The molecule has 2 aromatic rings. The van der Waals surface area contributed by atoms with Crippen LogP contribution in [0.25, 0.3) is 0 Å². The summed E-state index contributed by atoms with van der Waals surface area (Å²) in [6.45, 7) is 4.33. The van der Waals surface area contributed by atoms with Gasteiger partial charge < -0.3 is 11.1 Å². The molecule has 0 saturated heterocycles. The molecule has 0 atom stereocenters. The molecule has 0 fully saturated rings. The van der Waals surface area contributed by atoms with E-state index in [-0.39, 0.29) is 24.5 Å². The van der Waals surface area contributed by atoms with Crippen LogP contribution >= 0.6 is 0 Å². The lowest BCUT2D eigenvalue weighted by atomic mass is 9.99. The topological polar surface area (TPSA) is 72.2 Å². The summed E-state index contributed by atoms with van der Waals surface area (Å²) in [6, 6.07) is 14.7. The van der Waals surface area contributed by atoms with Gasteiger partial charge in [-0.3, -0.25) is 9.59 Å². The minimum absolute atomic E-state index is 0.0257. The van der Waals surface area contributed by atoms with Gasteiger partial charge in [0.1, 0.15) is 0 Å². The Labute approximate surface area is 143 Å². The monoisotopic (exact) mass is 324 g/mol. The molecule has 0 bridgehead atoms. The van der Waals surface area contributed by atoms with Crippen LogP contribution in [0.15, 0.2) is 48.5 Å². The van der Waals surface area contributed by atoms with Gasteiger partial charge in [-0.2, -0.15) is 0 Å². The van der Waals surface area contributed by atoms with Crippen LogP contribution in [-0.4, -0.2) is 11.7 Å². The van der Waals surface area contributed by atoms with E-state index < -0.39 is 0 Å². The fourth-order valence-corrected chi connectivity index (χ4v) is 2.49. The van der Waals surface area contributed by atoms with Crippen LogP contribution in [-0.2, 0) is 11.2 Å². The first kappa shape index (κ1) is 17.7. The largest absolute Gasteiger partial charge is 0.397 e. The Morgan fingerprint density at radius 1 is 1.00 bits per heavy atom. The number of Topliss-reactive ketones (excluding diaryl/α,β-unsaturated/α-hetero) is 1. The van der Waals surface area contributed by atoms with Gasteiger partial charge in [0.15, 0.2) is 5.78 Å². The summed E-state index contributed by atoms with van der Waals surface area (Å²) in [5.74, 6) is 0.348. The Morgan fingerprint density at radius 2 is 1.67 bits per heavy atom. The van der Waals surface area contributed by atoms with E-state index in [1.165, 1.54) is 5.56 Å². The molecule has 1 amide bonds. The van der Waals surface area contributed by atoms with Gasteiger partial charge in [0.25, 0.3) is 0 Å². The van der Waals surface area contributed by atoms with E-state index in [0.717, 1.165) is 6.42 Å².